The first-order valence-corrected chi connectivity index (χ1v) is 5.51. The lowest BCUT2D eigenvalue weighted by Gasteiger charge is -2.02. The van der Waals surface area contributed by atoms with Gasteiger partial charge in [0.05, 0.1) is 0 Å². The van der Waals surface area contributed by atoms with Gasteiger partial charge in [-0.25, -0.2) is 0 Å². The van der Waals surface area contributed by atoms with E-state index in [1.807, 2.05) is 12.5 Å². The molecule has 11 heavy (non-hydrogen) atoms. The Bertz CT molecular complexity index is 164. The van der Waals surface area contributed by atoms with E-state index in [9.17, 15) is 4.79 Å². The minimum Gasteiger partial charge on any atom is -0.368 e. The molecule has 5 heteroatoms. The molecule has 0 radical (unpaired) electrons. The maximum absolute atomic E-state index is 10.6. The van der Waals surface area contributed by atoms with Gasteiger partial charge in [0.25, 0.3) is 0 Å². The number of thioether (sulfide) groups is 2. The molecule has 3 nitrogen and oxygen atoms in total. The summed E-state index contributed by atoms with van der Waals surface area (Å²) in [5, 5.41) is 0. The molecule has 0 fully saturated rings. The Morgan fingerprint density at radius 2 is 1.91 bits per heavy atom. The molecular weight excluding hydrogens is 180 g/mol. The van der Waals surface area contributed by atoms with Gasteiger partial charge in [0.15, 0.2) is 0 Å². The van der Waals surface area contributed by atoms with Gasteiger partial charge < -0.3 is 5.73 Å². The van der Waals surface area contributed by atoms with Crippen LogP contribution in [0.1, 0.15) is 6.92 Å². The van der Waals surface area contributed by atoms with E-state index in [1.165, 1.54) is 23.5 Å². The van der Waals surface area contributed by atoms with Crippen LogP contribution in [0.3, 0.4) is 0 Å². The van der Waals surface area contributed by atoms with E-state index in [-0.39, 0.29) is 5.91 Å². The maximum atomic E-state index is 10.6. The Labute approximate surface area is 75.2 Å². The Hall–Kier alpha value is -0.160. The minimum absolute atomic E-state index is 0.384. The Kier molecular flexibility index (Phi) is 5.41. The fraction of sp³-hybridized carbons (Fsp3) is 0.667. The number of rotatable bonds is 2. The summed E-state index contributed by atoms with van der Waals surface area (Å²) in [5.41, 5.74) is 5.03. The molecule has 0 aromatic rings. The second-order valence-electron chi connectivity index (χ2n) is 1.88. The van der Waals surface area contributed by atoms with E-state index in [4.69, 9.17) is 5.73 Å². The number of nitrogens with two attached hydrogens (primary N) is 1. The van der Waals surface area contributed by atoms with Gasteiger partial charge in [0.2, 0.25) is 5.91 Å². The normalized spacial score (nSPS) is 12.3. The summed E-state index contributed by atoms with van der Waals surface area (Å²) in [5.74, 6) is -0.384. The van der Waals surface area contributed by atoms with Crippen molar-refractivity contribution in [1.82, 2.24) is 0 Å². The molecule has 0 aliphatic heterocycles. The summed E-state index contributed by atoms with van der Waals surface area (Å²) in [4.78, 5) is 14.6. The first-order chi connectivity index (χ1) is 5.11. The summed E-state index contributed by atoms with van der Waals surface area (Å²) < 4.78 is 0.885. The van der Waals surface area contributed by atoms with Crippen LogP contribution in [-0.4, -0.2) is 28.8 Å². The van der Waals surface area contributed by atoms with Crippen LogP contribution in [0.15, 0.2) is 4.99 Å². The standard InChI is InChI=1S/C6H12N2OS2/c1-4(5(7)9)8-6(10-2)11-3/h4H,1-3H3,(H2,7,9)/t4-/m0/s1. The molecule has 0 aliphatic carbocycles. The van der Waals surface area contributed by atoms with Crippen molar-refractivity contribution in [3.8, 4) is 0 Å². The predicted molar refractivity (Wildman–Crippen MR) is 53.1 cm³/mol. The second-order valence-corrected chi connectivity index (χ2v) is 3.73. The number of hydrogen-bond donors (Lipinski definition) is 1. The van der Waals surface area contributed by atoms with Gasteiger partial charge >= 0.3 is 0 Å². The van der Waals surface area contributed by atoms with Crippen molar-refractivity contribution < 1.29 is 4.79 Å². The minimum atomic E-state index is -0.412. The highest BCUT2D eigenvalue weighted by molar-refractivity contribution is 8.38. The van der Waals surface area contributed by atoms with Crippen molar-refractivity contribution in [2.24, 2.45) is 10.7 Å². The lowest BCUT2D eigenvalue weighted by atomic mass is 10.3. The van der Waals surface area contributed by atoms with Gasteiger partial charge in [-0.3, -0.25) is 9.79 Å². The van der Waals surface area contributed by atoms with Crippen molar-refractivity contribution in [3.63, 3.8) is 0 Å². The van der Waals surface area contributed by atoms with Gasteiger partial charge in [0.1, 0.15) is 10.4 Å². The Balaban J connectivity index is 4.14. The molecule has 1 amide bonds. The van der Waals surface area contributed by atoms with Crippen LogP contribution < -0.4 is 5.73 Å². The van der Waals surface area contributed by atoms with Crippen LogP contribution in [0.5, 0.6) is 0 Å². The van der Waals surface area contributed by atoms with Crippen molar-refractivity contribution >= 4 is 33.8 Å². The Morgan fingerprint density at radius 3 is 2.18 bits per heavy atom. The van der Waals surface area contributed by atoms with Crippen molar-refractivity contribution in [2.75, 3.05) is 12.5 Å². The van der Waals surface area contributed by atoms with E-state index < -0.39 is 6.04 Å². The smallest absolute Gasteiger partial charge is 0.241 e. The van der Waals surface area contributed by atoms with Crippen molar-refractivity contribution in [3.05, 3.63) is 0 Å². The number of amides is 1. The van der Waals surface area contributed by atoms with Gasteiger partial charge in [-0.05, 0) is 19.4 Å². The first-order valence-electron chi connectivity index (χ1n) is 3.07. The van der Waals surface area contributed by atoms with E-state index in [0.717, 1.165) is 4.38 Å². The third-order valence-corrected chi connectivity index (χ3v) is 2.97. The molecule has 1 atom stereocenters. The van der Waals surface area contributed by atoms with Gasteiger partial charge in [-0.2, -0.15) is 0 Å². The molecule has 0 heterocycles. The summed E-state index contributed by atoms with van der Waals surface area (Å²) >= 11 is 3.04. The monoisotopic (exact) mass is 192 g/mol. The van der Waals surface area contributed by atoms with E-state index >= 15 is 0 Å². The molecular formula is C6H12N2OS2. The van der Waals surface area contributed by atoms with Crippen LogP contribution in [-0.2, 0) is 4.79 Å². The molecule has 64 valence electrons. The fourth-order valence-corrected chi connectivity index (χ4v) is 1.60. The number of hydrogen-bond acceptors (Lipinski definition) is 4. The molecule has 0 bridgehead atoms. The number of aliphatic imine (C=N–C) groups is 1. The summed E-state index contributed by atoms with van der Waals surface area (Å²) in [6, 6.07) is -0.412. The third kappa shape index (κ3) is 4.31. The molecule has 0 aromatic carbocycles. The highest BCUT2D eigenvalue weighted by Gasteiger charge is 2.06. The molecule has 0 saturated carbocycles. The van der Waals surface area contributed by atoms with Crippen LogP contribution in [0.2, 0.25) is 0 Å². The highest BCUT2D eigenvalue weighted by atomic mass is 32.2. The maximum Gasteiger partial charge on any atom is 0.241 e. The molecule has 0 rings (SSSR count). The highest BCUT2D eigenvalue weighted by Crippen LogP contribution is 2.11. The number of carbonyl (C=O) groups excluding carboxylic acids is 1. The molecule has 0 aliphatic rings. The number of nitrogens with zero attached hydrogens (tertiary/aromatic N) is 1. The third-order valence-electron chi connectivity index (χ3n) is 1.06. The second kappa shape index (κ2) is 5.49. The van der Waals surface area contributed by atoms with E-state index in [2.05, 4.69) is 4.99 Å². The lowest BCUT2D eigenvalue weighted by molar-refractivity contribution is -0.118. The number of primary amides is 1. The Morgan fingerprint density at radius 1 is 1.45 bits per heavy atom. The van der Waals surface area contributed by atoms with E-state index in [0.29, 0.717) is 0 Å². The lowest BCUT2D eigenvalue weighted by Crippen LogP contribution is -2.24. The molecule has 2 N–H and O–H groups in total. The van der Waals surface area contributed by atoms with Crippen LogP contribution >= 0.6 is 23.5 Å². The molecule has 0 saturated heterocycles. The molecule has 0 aromatic heterocycles. The number of carbonyl (C=O) groups is 1. The van der Waals surface area contributed by atoms with E-state index in [1.54, 1.807) is 6.92 Å². The van der Waals surface area contributed by atoms with Crippen LogP contribution in [0.25, 0.3) is 0 Å². The predicted octanol–water partition coefficient (Wildman–Crippen LogP) is 0.942. The zero-order valence-electron chi connectivity index (χ0n) is 6.83. The van der Waals surface area contributed by atoms with Crippen LogP contribution in [0.4, 0.5) is 0 Å². The SMILES string of the molecule is CSC(=N[C@@H](C)C(N)=O)SC. The van der Waals surface area contributed by atoms with Crippen molar-refractivity contribution in [1.29, 1.82) is 0 Å². The summed E-state index contributed by atoms with van der Waals surface area (Å²) in [7, 11) is 0. The summed E-state index contributed by atoms with van der Waals surface area (Å²) in [6.07, 6.45) is 3.84. The topological polar surface area (TPSA) is 55.4 Å². The van der Waals surface area contributed by atoms with Crippen molar-refractivity contribution in [2.45, 2.75) is 13.0 Å². The van der Waals surface area contributed by atoms with Gasteiger partial charge in [-0.15, -0.1) is 23.5 Å². The fourth-order valence-electron chi connectivity index (χ4n) is 0.410. The average molecular weight is 192 g/mol. The van der Waals surface area contributed by atoms with Crippen LogP contribution in [0, 0.1) is 0 Å². The van der Waals surface area contributed by atoms with Gasteiger partial charge in [-0.1, -0.05) is 0 Å². The molecule has 0 spiro atoms. The zero-order chi connectivity index (χ0) is 8.85. The largest absolute Gasteiger partial charge is 0.368 e. The average Bonchev–Trinajstić information content (AvgIpc) is 1.99. The quantitative estimate of drug-likeness (QED) is 0.523. The first kappa shape index (κ1) is 10.8. The van der Waals surface area contributed by atoms with Gasteiger partial charge in [0, 0.05) is 0 Å². The molecule has 0 unspecified atom stereocenters. The summed E-state index contributed by atoms with van der Waals surface area (Å²) in [6.45, 7) is 1.69. The zero-order valence-corrected chi connectivity index (χ0v) is 8.46.